The molecule has 0 bridgehead atoms. The van der Waals surface area contributed by atoms with Gasteiger partial charge in [-0.2, -0.15) is 0 Å². The van der Waals surface area contributed by atoms with Gasteiger partial charge in [-0.05, 0) is 29.5 Å². The molecule has 2 nitrogen and oxygen atoms in total. The summed E-state index contributed by atoms with van der Waals surface area (Å²) in [6.07, 6.45) is 0. The van der Waals surface area contributed by atoms with Crippen LogP contribution in [0.2, 0.25) is 5.02 Å². The van der Waals surface area contributed by atoms with Gasteiger partial charge in [0.15, 0.2) is 0 Å². The van der Waals surface area contributed by atoms with Gasteiger partial charge in [0.1, 0.15) is 0 Å². The molecule has 1 aromatic rings. The molecule has 18 heavy (non-hydrogen) atoms. The second-order valence-corrected chi connectivity index (χ2v) is 5.68. The van der Waals surface area contributed by atoms with E-state index < -0.39 is 0 Å². The van der Waals surface area contributed by atoms with E-state index in [0.29, 0.717) is 17.9 Å². The van der Waals surface area contributed by atoms with Crippen molar-refractivity contribution in [3.8, 4) is 0 Å². The van der Waals surface area contributed by atoms with Crippen LogP contribution in [0, 0.1) is 11.8 Å². The molecule has 3 heteroatoms. The van der Waals surface area contributed by atoms with Crippen molar-refractivity contribution < 1.29 is 4.74 Å². The fourth-order valence-corrected chi connectivity index (χ4v) is 2.21. The van der Waals surface area contributed by atoms with Crippen molar-refractivity contribution in [3.63, 3.8) is 0 Å². The van der Waals surface area contributed by atoms with Crippen molar-refractivity contribution in [3.05, 3.63) is 34.9 Å². The van der Waals surface area contributed by atoms with Gasteiger partial charge in [0, 0.05) is 31.3 Å². The molecular weight excluding hydrogens is 246 g/mol. The molecule has 0 aliphatic heterocycles. The maximum atomic E-state index is 5.93. The number of hydrogen-bond donors (Lipinski definition) is 1. The SMILES string of the molecule is COCC(C)CNC(c1ccc(Cl)cc1)C(C)C. The molecule has 2 unspecified atom stereocenters. The average molecular weight is 270 g/mol. The zero-order valence-corrected chi connectivity index (χ0v) is 12.5. The van der Waals surface area contributed by atoms with E-state index >= 15 is 0 Å². The molecule has 1 aromatic carbocycles. The zero-order valence-electron chi connectivity index (χ0n) is 11.7. The van der Waals surface area contributed by atoms with Crippen LogP contribution in [0.25, 0.3) is 0 Å². The smallest absolute Gasteiger partial charge is 0.0499 e. The molecule has 1 rings (SSSR count). The van der Waals surface area contributed by atoms with Crippen LogP contribution in [-0.2, 0) is 4.74 Å². The van der Waals surface area contributed by atoms with E-state index in [4.69, 9.17) is 16.3 Å². The third kappa shape index (κ3) is 4.97. The molecule has 2 atom stereocenters. The predicted molar refractivity (Wildman–Crippen MR) is 78.1 cm³/mol. The first kappa shape index (κ1) is 15.5. The highest BCUT2D eigenvalue weighted by Gasteiger charge is 2.16. The summed E-state index contributed by atoms with van der Waals surface area (Å²) in [7, 11) is 1.75. The van der Waals surface area contributed by atoms with Crippen LogP contribution in [0.15, 0.2) is 24.3 Å². The first-order valence-corrected chi connectivity index (χ1v) is 6.90. The highest BCUT2D eigenvalue weighted by atomic mass is 35.5. The summed E-state index contributed by atoms with van der Waals surface area (Å²) in [6.45, 7) is 8.40. The van der Waals surface area contributed by atoms with Crippen molar-refractivity contribution in [2.24, 2.45) is 11.8 Å². The molecule has 0 heterocycles. The van der Waals surface area contributed by atoms with Gasteiger partial charge in [0.25, 0.3) is 0 Å². The van der Waals surface area contributed by atoms with Gasteiger partial charge < -0.3 is 10.1 Å². The summed E-state index contributed by atoms with van der Waals surface area (Å²) in [5.41, 5.74) is 1.29. The highest BCUT2D eigenvalue weighted by molar-refractivity contribution is 6.30. The largest absolute Gasteiger partial charge is 0.384 e. The van der Waals surface area contributed by atoms with E-state index in [9.17, 15) is 0 Å². The minimum absolute atomic E-state index is 0.363. The highest BCUT2D eigenvalue weighted by Crippen LogP contribution is 2.23. The Morgan fingerprint density at radius 2 is 1.78 bits per heavy atom. The Morgan fingerprint density at radius 3 is 2.28 bits per heavy atom. The molecule has 0 saturated heterocycles. The Morgan fingerprint density at radius 1 is 1.17 bits per heavy atom. The number of methoxy groups -OCH3 is 1. The summed E-state index contributed by atoms with van der Waals surface area (Å²) in [5, 5.41) is 4.40. The second kappa shape index (κ2) is 7.78. The van der Waals surface area contributed by atoms with E-state index in [1.807, 2.05) is 12.1 Å². The molecule has 0 amide bonds. The topological polar surface area (TPSA) is 21.3 Å². The van der Waals surface area contributed by atoms with Gasteiger partial charge in [0.05, 0.1) is 0 Å². The van der Waals surface area contributed by atoms with Gasteiger partial charge in [-0.3, -0.25) is 0 Å². The number of benzene rings is 1. The monoisotopic (exact) mass is 269 g/mol. The first-order valence-electron chi connectivity index (χ1n) is 6.52. The summed E-state index contributed by atoms with van der Waals surface area (Å²) in [6, 6.07) is 8.46. The quantitative estimate of drug-likeness (QED) is 0.810. The molecule has 0 spiro atoms. The average Bonchev–Trinajstić information content (AvgIpc) is 2.31. The van der Waals surface area contributed by atoms with Crippen molar-refractivity contribution >= 4 is 11.6 Å². The van der Waals surface area contributed by atoms with Crippen molar-refractivity contribution in [1.29, 1.82) is 0 Å². The van der Waals surface area contributed by atoms with Gasteiger partial charge in [-0.1, -0.05) is 44.5 Å². The van der Waals surface area contributed by atoms with Crippen LogP contribution in [0.3, 0.4) is 0 Å². The van der Waals surface area contributed by atoms with Crippen LogP contribution in [-0.4, -0.2) is 20.3 Å². The normalized spacial score (nSPS) is 14.8. The molecule has 0 saturated carbocycles. The van der Waals surface area contributed by atoms with Crippen molar-refractivity contribution in [2.45, 2.75) is 26.8 Å². The minimum atomic E-state index is 0.363. The van der Waals surface area contributed by atoms with E-state index in [0.717, 1.165) is 18.2 Å². The number of halogens is 1. The van der Waals surface area contributed by atoms with Gasteiger partial charge in [-0.15, -0.1) is 0 Å². The molecule has 0 radical (unpaired) electrons. The lowest BCUT2D eigenvalue weighted by atomic mass is 9.95. The van der Waals surface area contributed by atoms with Crippen LogP contribution in [0.1, 0.15) is 32.4 Å². The molecule has 0 aromatic heterocycles. The van der Waals surface area contributed by atoms with Crippen molar-refractivity contribution in [2.75, 3.05) is 20.3 Å². The fourth-order valence-electron chi connectivity index (χ4n) is 2.08. The second-order valence-electron chi connectivity index (χ2n) is 5.24. The first-order chi connectivity index (χ1) is 8.54. The Bertz CT molecular complexity index is 337. The molecule has 102 valence electrons. The summed E-state index contributed by atoms with van der Waals surface area (Å²) < 4.78 is 5.16. The number of ether oxygens (including phenoxy) is 1. The molecule has 1 N–H and O–H groups in total. The Labute approximate surface area is 116 Å². The maximum Gasteiger partial charge on any atom is 0.0499 e. The van der Waals surface area contributed by atoms with Gasteiger partial charge in [-0.25, -0.2) is 0 Å². The third-order valence-electron chi connectivity index (χ3n) is 3.03. The summed E-state index contributed by atoms with van der Waals surface area (Å²) in [5.74, 6) is 1.06. The minimum Gasteiger partial charge on any atom is -0.384 e. The maximum absolute atomic E-state index is 5.93. The fraction of sp³-hybridized carbons (Fsp3) is 0.600. The van der Waals surface area contributed by atoms with Crippen LogP contribution >= 0.6 is 11.6 Å². The molecule has 0 aliphatic rings. The molecule has 0 aliphatic carbocycles. The summed E-state index contributed by atoms with van der Waals surface area (Å²) in [4.78, 5) is 0. The Balaban J connectivity index is 2.63. The van der Waals surface area contributed by atoms with Crippen molar-refractivity contribution in [1.82, 2.24) is 5.32 Å². The van der Waals surface area contributed by atoms with Crippen LogP contribution in [0.4, 0.5) is 0 Å². The lowest BCUT2D eigenvalue weighted by Gasteiger charge is -2.25. The Kier molecular flexibility index (Phi) is 6.69. The van der Waals surface area contributed by atoms with Gasteiger partial charge in [0.2, 0.25) is 0 Å². The van der Waals surface area contributed by atoms with E-state index in [1.54, 1.807) is 7.11 Å². The third-order valence-corrected chi connectivity index (χ3v) is 3.29. The Hall–Kier alpha value is -0.570. The molecular formula is C15H24ClNO. The van der Waals surface area contributed by atoms with E-state index in [-0.39, 0.29) is 0 Å². The number of nitrogens with one attached hydrogen (secondary N) is 1. The van der Waals surface area contributed by atoms with Crippen LogP contribution < -0.4 is 5.32 Å². The zero-order chi connectivity index (χ0) is 13.5. The number of rotatable bonds is 7. The number of hydrogen-bond acceptors (Lipinski definition) is 2. The lowest BCUT2D eigenvalue weighted by molar-refractivity contribution is 0.155. The van der Waals surface area contributed by atoms with E-state index in [1.165, 1.54) is 5.56 Å². The molecule has 0 fully saturated rings. The van der Waals surface area contributed by atoms with E-state index in [2.05, 4.69) is 38.2 Å². The summed E-state index contributed by atoms with van der Waals surface area (Å²) >= 11 is 5.93. The standard InChI is InChI=1S/C15H24ClNO/c1-11(2)15(17-9-12(3)10-18-4)13-5-7-14(16)8-6-13/h5-8,11-12,15,17H,9-10H2,1-4H3. The van der Waals surface area contributed by atoms with Gasteiger partial charge >= 0.3 is 0 Å². The predicted octanol–water partition coefficient (Wildman–Crippen LogP) is 3.91. The lowest BCUT2D eigenvalue weighted by Crippen LogP contribution is -2.31. The van der Waals surface area contributed by atoms with Crippen LogP contribution in [0.5, 0.6) is 0 Å².